The zero-order valence-corrected chi connectivity index (χ0v) is 13.1. The molecule has 24 heavy (non-hydrogen) atoms. The van der Waals surface area contributed by atoms with Crippen molar-refractivity contribution in [2.75, 3.05) is 6.54 Å². The summed E-state index contributed by atoms with van der Waals surface area (Å²) in [5.74, 6) is -0.0788. The molecular weight excluding hydrogens is 302 g/mol. The second-order valence-corrected chi connectivity index (χ2v) is 5.73. The lowest BCUT2D eigenvalue weighted by molar-refractivity contribution is 0.0924. The van der Waals surface area contributed by atoms with Crippen LogP contribution >= 0.6 is 0 Å². The first-order valence-electron chi connectivity index (χ1n) is 7.86. The SMILES string of the molecule is NCc1cccc(-c2cc(-c3cc4n(n3)CCNC4=O)ccn2)c1. The van der Waals surface area contributed by atoms with E-state index in [9.17, 15) is 4.79 Å². The van der Waals surface area contributed by atoms with E-state index in [0.29, 0.717) is 25.3 Å². The van der Waals surface area contributed by atoms with Gasteiger partial charge in [-0.3, -0.25) is 14.5 Å². The Labute approximate surface area is 139 Å². The van der Waals surface area contributed by atoms with Gasteiger partial charge in [0.2, 0.25) is 0 Å². The van der Waals surface area contributed by atoms with Crippen molar-refractivity contribution >= 4 is 5.91 Å². The normalized spacial score (nSPS) is 13.5. The standard InChI is InChI=1S/C18H17N5O/c19-11-12-2-1-3-13(8-12)15-9-14(4-5-20-15)16-10-17-18(24)21-6-7-23(17)22-16/h1-5,8-10H,6-7,11,19H2,(H,21,24). The molecule has 1 aliphatic heterocycles. The molecule has 0 bridgehead atoms. The highest BCUT2D eigenvalue weighted by molar-refractivity contribution is 5.94. The Hall–Kier alpha value is -2.99. The minimum Gasteiger partial charge on any atom is -0.349 e. The highest BCUT2D eigenvalue weighted by Crippen LogP contribution is 2.25. The van der Waals surface area contributed by atoms with Crippen LogP contribution in [0.15, 0.2) is 48.7 Å². The number of rotatable bonds is 3. The number of nitrogens with one attached hydrogen (secondary N) is 1. The number of nitrogens with zero attached hydrogens (tertiary/aromatic N) is 3. The van der Waals surface area contributed by atoms with Gasteiger partial charge in [0.15, 0.2) is 0 Å². The third-order valence-corrected chi connectivity index (χ3v) is 4.14. The van der Waals surface area contributed by atoms with Crippen LogP contribution in [-0.4, -0.2) is 27.2 Å². The summed E-state index contributed by atoms with van der Waals surface area (Å²) in [5, 5.41) is 7.38. The first kappa shape index (κ1) is 14.6. The van der Waals surface area contributed by atoms with Crippen LogP contribution in [0.25, 0.3) is 22.5 Å². The number of pyridine rings is 1. The van der Waals surface area contributed by atoms with Gasteiger partial charge in [0, 0.05) is 30.4 Å². The molecule has 3 N–H and O–H groups in total. The number of fused-ring (bicyclic) bond motifs is 1. The third kappa shape index (κ3) is 2.57. The quantitative estimate of drug-likeness (QED) is 0.771. The van der Waals surface area contributed by atoms with Gasteiger partial charge in [-0.05, 0) is 29.8 Å². The number of hydrogen-bond acceptors (Lipinski definition) is 4. The summed E-state index contributed by atoms with van der Waals surface area (Å²) in [6.07, 6.45) is 1.76. The minimum absolute atomic E-state index is 0.0788. The van der Waals surface area contributed by atoms with Gasteiger partial charge in [0.05, 0.1) is 17.9 Å². The number of amides is 1. The maximum Gasteiger partial charge on any atom is 0.269 e. The van der Waals surface area contributed by atoms with E-state index in [2.05, 4.69) is 15.4 Å². The number of carbonyl (C=O) groups excluding carboxylic acids is 1. The maximum absolute atomic E-state index is 11.9. The summed E-state index contributed by atoms with van der Waals surface area (Å²) in [4.78, 5) is 16.3. The predicted molar refractivity (Wildman–Crippen MR) is 91.1 cm³/mol. The zero-order valence-electron chi connectivity index (χ0n) is 13.1. The number of benzene rings is 1. The van der Waals surface area contributed by atoms with Crippen LogP contribution in [-0.2, 0) is 13.1 Å². The highest BCUT2D eigenvalue weighted by atomic mass is 16.2. The van der Waals surface area contributed by atoms with Crippen LogP contribution in [0, 0.1) is 0 Å². The molecule has 4 rings (SSSR count). The molecule has 0 atom stereocenters. The summed E-state index contributed by atoms with van der Waals surface area (Å²) in [5.41, 5.74) is 11.0. The van der Waals surface area contributed by atoms with Gasteiger partial charge in [-0.25, -0.2) is 0 Å². The number of carbonyl (C=O) groups is 1. The van der Waals surface area contributed by atoms with E-state index in [1.54, 1.807) is 10.9 Å². The molecule has 120 valence electrons. The van der Waals surface area contributed by atoms with E-state index >= 15 is 0 Å². The fraction of sp³-hybridized carbons (Fsp3) is 0.167. The molecule has 1 aromatic carbocycles. The Morgan fingerprint density at radius 3 is 2.83 bits per heavy atom. The van der Waals surface area contributed by atoms with Crippen molar-refractivity contribution in [1.82, 2.24) is 20.1 Å². The molecule has 3 aromatic rings. The van der Waals surface area contributed by atoms with Crippen molar-refractivity contribution in [3.63, 3.8) is 0 Å². The van der Waals surface area contributed by atoms with Gasteiger partial charge in [-0.2, -0.15) is 5.10 Å². The molecule has 0 spiro atoms. The van der Waals surface area contributed by atoms with Gasteiger partial charge in [0.1, 0.15) is 5.69 Å². The van der Waals surface area contributed by atoms with Gasteiger partial charge < -0.3 is 11.1 Å². The average Bonchev–Trinajstić information content (AvgIpc) is 3.08. The molecular formula is C18H17N5O. The van der Waals surface area contributed by atoms with Crippen molar-refractivity contribution in [3.8, 4) is 22.5 Å². The minimum atomic E-state index is -0.0788. The summed E-state index contributed by atoms with van der Waals surface area (Å²) in [7, 11) is 0. The summed E-state index contributed by atoms with van der Waals surface area (Å²) in [6.45, 7) is 1.80. The Morgan fingerprint density at radius 2 is 2.00 bits per heavy atom. The molecule has 1 amide bonds. The summed E-state index contributed by atoms with van der Waals surface area (Å²) in [6, 6.07) is 13.7. The molecule has 0 radical (unpaired) electrons. The van der Waals surface area contributed by atoms with Crippen molar-refractivity contribution in [1.29, 1.82) is 0 Å². The van der Waals surface area contributed by atoms with E-state index in [1.807, 2.05) is 42.5 Å². The van der Waals surface area contributed by atoms with E-state index in [-0.39, 0.29) is 5.91 Å². The molecule has 2 aromatic heterocycles. The molecule has 0 aliphatic carbocycles. The second-order valence-electron chi connectivity index (χ2n) is 5.73. The van der Waals surface area contributed by atoms with Gasteiger partial charge in [-0.1, -0.05) is 18.2 Å². The fourth-order valence-corrected chi connectivity index (χ4v) is 2.88. The van der Waals surface area contributed by atoms with Crippen LogP contribution in [0.2, 0.25) is 0 Å². The molecule has 6 nitrogen and oxygen atoms in total. The van der Waals surface area contributed by atoms with Crippen LogP contribution < -0.4 is 11.1 Å². The van der Waals surface area contributed by atoms with E-state index < -0.39 is 0 Å². The average molecular weight is 319 g/mol. The lowest BCUT2D eigenvalue weighted by Gasteiger charge is -2.13. The van der Waals surface area contributed by atoms with Crippen LogP contribution in [0.4, 0.5) is 0 Å². The zero-order chi connectivity index (χ0) is 16.5. The van der Waals surface area contributed by atoms with Crippen molar-refractivity contribution in [2.24, 2.45) is 5.73 Å². The molecule has 1 aliphatic rings. The van der Waals surface area contributed by atoms with Crippen LogP contribution in [0.5, 0.6) is 0 Å². The van der Waals surface area contributed by atoms with Gasteiger partial charge >= 0.3 is 0 Å². The Bertz CT molecular complexity index is 915. The van der Waals surface area contributed by atoms with Gasteiger partial charge in [0.25, 0.3) is 5.91 Å². The lowest BCUT2D eigenvalue weighted by Crippen LogP contribution is -2.35. The smallest absolute Gasteiger partial charge is 0.269 e. The highest BCUT2D eigenvalue weighted by Gasteiger charge is 2.19. The molecule has 6 heteroatoms. The number of nitrogens with two attached hydrogens (primary N) is 1. The van der Waals surface area contributed by atoms with Crippen molar-refractivity contribution in [2.45, 2.75) is 13.1 Å². The molecule has 0 saturated carbocycles. The Balaban J connectivity index is 1.74. The molecule has 3 heterocycles. The maximum atomic E-state index is 11.9. The van der Waals surface area contributed by atoms with Crippen molar-refractivity contribution < 1.29 is 4.79 Å². The predicted octanol–water partition coefficient (Wildman–Crippen LogP) is 1.81. The summed E-state index contributed by atoms with van der Waals surface area (Å²) >= 11 is 0. The van der Waals surface area contributed by atoms with E-state index in [4.69, 9.17) is 5.73 Å². The Morgan fingerprint density at radius 1 is 1.12 bits per heavy atom. The summed E-state index contributed by atoms with van der Waals surface area (Å²) < 4.78 is 1.75. The number of aromatic nitrogens is 3. The van der Waals surface area contributed by atoms with E-state index in [0.717, 1.165) is 28.1 Å². The largest absolute Gasteiger partial charge is 0.349 e. The second kappa shape index (κ2) is 5.90. The third-order valence-electron chi connectivity index (χ3n) is 4.14. The van der Waals surface area contributed by atoms with Crippen LogP contribution in [0.1, 0.15) is 16.1 Å². The first-order valence-corrected chi connectivity index (χ1v) is 7.86. The Kier molecular flexibility index (Phi) is 3.59. The van der Waals surface area contributed by atoms with Gasteiger partial charge in [-0.15, -0.1) is 0 Å². The van der Waals surface area contributed by atoms with E-state index in [1.165, 1.54) is 0 Å². The topological polar surface area (TPSA) is 85.8 Å². The van der Waals surface area contributed by atoms with Crippen molar-refractivity contribution in [3.05, 3.63) is 59.9 Å². The molecule has 0 saturated heterocycles. The molecule has 0 fully saturated rings. The number of hydrogen-bond donors (Lipinski definition) is 2. The lowest BCUT2D eigenvalue weighted by atomic mass is 10.0. The monoisotopic (exact) mass is 319 g/mol. The molecule has 0 unspecified atom stereocenters. The fourth-order valence-electron chi connectivity index (χ4n) is 2.88. The first-order chi connectivity index (χ1) is 11.7. The van der Waals surface area contributed by atoms with Crippen LogP contribution in [0.3, 0.4) is 0 Å².